The number of carbonyl (C=O) groups excluding carboxylic acids is 1. The monoisotopic (exact) mass is 390 g/mol. The van der Waals surface area contributed by atoms with Crippen LogP contribution in [0.4, 0.5) is 11.4 Å². The molecule has 1 amide bonds. The molecule has 3 rings (SSSR count). The van der Waals surface area contributed by atoms with Gasteiger partial charge in [0.2, 0.25) is 5.91 Å². The number of benzene rings is 1. The third-order valence-electron chi connectivity index (χ3n) is 3.62. The molecule has 0 saturated carbocycles. The van der Waals surface area contributed by atoms with Gasteiger partial charge in [0.15, 0.2) is 4.96 Å². The normalized spacial score (nSPS) is 10.8. The third-order valence-corrected chi connectivity index (χ3v) is 5.34. The number of hydrogen-bond acceptors (Lipinski definition) is 7. The van der Waals surface area contributed by atoms with Crippen molar-refractivity contribution in [3.8, 4) is 0 Å². The number of nitro groups is 1. The van der Waals surface area contributed by atoms with E-state index in [1.165, 1.54) is 45.7 Å². The maximum absolute atomic E-state index is 12.1. The molecule has 1 N–H and O–H groups in total. The van der Waals surface area contributed by atoms with Gasteiger partial charge in [-0.25, -0.2) is 4.98 Å². The van der Waals surface area contributed by atoms with E-state index in [1.54, 1.807) is 24.6 Å². The molecule has 1 aromatic carbocycles. The smallest absolute Gasteiger partial charge is 0.274 e. The molecule has 8 nitrogen and oxygen atoms in total. The van der Waals surface area contributed by atoms with Crippen molar-refractivity contribution in [3.05, 3.63) is 67.6 Å². The van der Waals surface area contributed by atoms with Gasteiger partial charge in [0.25, 0.3) is 11.2 Å². The minimum Gasteiger partial charge on any atom is -0.325 e. The molecule has 0 aliphatic carbocycles. The Kier molecular flexibility index (Phi) is 5.33. The van der Waals surface area contributed by atoms with E-state index in [-0.39, 0.29) is 22.9 Å². The molecule has 3 aromatic rings. The van der Waals surface area contributed by atoms with Gasteiger partial charge in [0.05, 0.1) is 27.6 Å². The zero-order valence-corrected chi connectivity index (χ0v) is 15.3. The van der Waals surface area contributed by atoms with Gasteiger partial charge < -0.3 is 5.32 Å². The second-order valence-corrected chi connectivity index (χ2v) is 7.25. The van der Waals surface area contributed by atoms with Crippen LogP contribution in [0.15, 0.2) is 40.6 Å². The quantitative estimate of drug-likeness (QED) is 0.512. The molecule has 0 fully saturated rings. The number of aromatic nitrogens is 2. The van der Waals surface area contributed by atoms with Crippen molar-refractivity contribution >= 4 is 45.3 Å². The van der Waals surface area contributed by atoms with E-state index in [0.717, 1.165) is 0 Å². The Morgan fingerprint density at radius 1 is 1.46 bits per heavy atom. The number of rotatable bonds is 6. The zero-order chi connectivity index (χ0) is 18.7. The van der Waals surface area contributed by atoms with Gasteiger partial charge in [0.1, 0.15) is 0 Å². The van der Waals surface area contributed by atoms with Crippen molar-refractivity contribution < 1.29 is 9.72 Å². The Hall–Kier alpha value is -2.72. The van der Waals surface area contributed by atoms with Crippen LogP contribution in [0.5, 0.6) is 0 Å². The summed E-state index contributed by atoms with van der Waals surface area (Å²) in [7, 11) is 0. The summed E-state index contributed by atoms with van der Waals surface area (Å²) in [6.45, 7) is 1.59. The van der Waals surface area contributed by atoms with Crippen LogP contribution >= 0.6 is 23.1 Å². The van der Waals surface area contributed by atoms with Gasteiger partial charge >= 0.3 is 0 Å². The van der Waals surface area contributed by atoms with Gasteiger partial charge in [0, 0.05) is 29.5 Å². The third kappa shape index (κ3) is 3.92. The number of anilines is 1. The van der Waals surface area contributed by atoms with Crippen molar-refractivity contribution in [2.75, 3.05) is 11.1 Å². The molecular formula is C16H14N4O4S2. The Labute approximate surface area is 156 Å². The zero-order valence-electron chi connectivity index (χ0n) is 13.7. The number of nitrogens with zero attached hydrogens (tertiary/aromatic N) is 3. The van der Waals surface area contributed by atoms with Crippen LogP contribution in [0.1, 0.15) is 11.3 Å². The second kappa shape index (κ2) is 7.67. The minimum absolute atomic E-state index is 0.0376. The highest BCUT2D eigenvalue weighted by molar-refractivity contribution is 7.99. The summed E-state index contributed by atoms with van der Waals surface area (Å²) in [4.78, 5) is 39.5. The molecule has 10 heteroatoms. The highest BCUT2D eigenvalue weighted by Crippen LogP contribution is 2.25. The fourth-order valence-corrected chi connectivity index (χ4v) is 3.81. The number of thioether (sulfide) groups is 1. The minimum atomic E-state index is -0.481. The number of fused-ring (bicyclic) bond motifs is 1. The summed E-state index contributed by atoms with van der Waals surface area (Å²) in [5.41, 5.74) is 1.25. The summed E-state index contributed by atoms with van der Waals surface area (Å²) < 4.78 is 1.47. The van der Waals surface area contributed by atoms with Crippen LogP contribution in [0.3, 0.4) is 0 Å². The van der Waals surface area contributed by atoms with Gasteiger partial charge in [-0.2, -0.15) is 0 Å². The first-order valence-electron chi connectivity index (χ1n) is 7.53. The summed E-state index contributed by atoms with van der Waals surface area (Å²) >= 11 is 2.69. The first-order chi connectivity index (χ1) is 12.5. The van der Waals surface area contributed by atoms with E-state index in [1.807, 2.05) is 0 Å². The summed E-state index contributed by atoms with van der Waals surface area (Å²) in [6, 6.07) is 6.00. The van der Waals surface area contributed by atoms with Crippen LogP contribution < -0.4 is 10.9 Å². The first kappa shape index (κ1) is 18.1. The Balaban J connectivity index is 1.60. The molecule has 2 heterocycles. The molecule has 0 radical (unpaired) electrons. The number of carbonyl (C=O) groups is 1. The van der Waals surface area contributed by atoms with Crippen LogP contribution in [-0.4, -0.2) is 26.0 Å². The summed E-state index contributed by atoms with van der Waals surface area (Å²) in [5.74, 6) is 0.297. The molecule has 0 unspecified atom stereocenters. The molecule has 2 aromatic heterocycles. The highest BCUT2D eigenvalue weighted by Gasteiger charge is 2.15. The molecule has 0 bridgehead atoms. The van der Waals surface area contributed by atoms with Crippen molar-refractivity contribution in [2.45, 2.75) is 12.7 Å². The molecular weight excluding hydrogens is 376 g/mol. The lowest BCUT2D eigenvalue weighted by atomic mass is 10.1. The molecule has 0 aliphatic rings. The standard InChI is InChI=1S/C16H14N4O4S2/c1-10-12(3-2-4-13(10)20(23)24)18-14(21)9-25-8-11-7-15(22)19-5-6-26-16(19)17-11/h2-7H,8-9H2,1H3,(H,18,21). The van der Waals surface area contributed by atoms with Crippen molar-refractivity contribution in [2.24, 2.45) is 0 Å². The average molecular weight is 390 g/mol. The molecule has 134 valence electrons. The van der Waals surface area contributed by atoms with Gasteiger partial charge in [-0.05, 0) is 13.0 Å². The summed E-state index contributed by atoms with van der Waals surface area (Å²) in [6.07, 6.45) is 1.67. The van der Waals surface area contributed by atoms with Crippen LogP contribution in [0, 0.1) is 17.0 Å². The molecule has 0 spiro atoms. The first-order valence-corrected chi connectivity index (χ1v) is 9.56. The van der Waals surface area contributed by atoms with Crippen LogP contribution in [-0.2, 0) is 10.5 Å². The van der Waals surface area contributed by atoms with Crippen LogP contribution in [0.2, 0.25) is 0 Å². The fourth-order valence-electron chi connectivity index (χ4n) is 2.35. The number of hydrogen-bond donors (Lipinski definition) is 1. The van der Waals surface area contributed by atoms with E-state index in [4.69, 9.17) is 0 Å². The Morgan fingerprint density at radius 2 is 2.27 bits per heavy atom. The van der Waals surface area contributed by atoms with Crippen molar-refractivity contribution in [1.29, 1.82) is 0 Å². The lowest BCUT2D eigenvalue weighted by Gasteiger charge is -2.08. The lowest BCUT2D eigenvalue weighted by Crippen LogP contribution is -2.16. The van der Waals surface area contributed by atoms with E-state index in [2.05, 4.69) is 10.3 Å². The summed E-state index contributed by atoms with van der Waals surface area (Å²) in [5, 5.41) is 15.4. The van der Waals surface area contributed by atoms with Crippen molar-refractivity contribution in [1.82, 2.24) is 9.38 Å². The fraction of sp³-hybridized carbons (Fsp3) is 0.188. The molecule has 0 aliphatic heterocycles. The van der Waals surface area contributed by atoms with Gasteiger partial charge in [-0.1, -0.05) is 6.07 Å². The maximum atomic E-state index is 12.1. The maximum Gasteiger partial charge on any atom is 0.274 e. The second-order valence-electron chi connectivity index (χ2n) is 5.39. The predicted octanol–water partition coefficient (Wildman–Crippen LogP) is 2.84. The largest absolute Gasteiger partial charge is 0.325 e. The average Bonchev–Trinajstić information content (AvgIpc) is 3.05. The number of thiazole rings is 1. The molecule has 0 saturated heterocycles. The van der Waals surface area contributed by atoms with Gasteiger partial charge in [-0.3, -0.25) is 24.1 Å². The van der Waals surface area contributed by atoms with Crippen molar-refractivity contribution in [3.63, 3.8) is 0 Å². The SMILES string of the molecule is Cc1c(NC(=O)CSCc2cc(=O)n3ccsc3n2)cccc1[N+](=O)[O-]. The van der Waals surface area contributed by atoms with E-state index < -0.39 is 4.92 Å². The number of nitrogens with one attached hydrogen (secondary N) is 1. The number of nitro benzene ring substituents is 1. The van der Waals surface area contributed by atoms with E-state index in [9.17, 15) is 19.7 Å². The predicted molar refractivity (Wildman–Crippen MR) is 102 cm³/mol. The van der Waals surface area contributed by atoms with Crippen LogP contribution in [0.25, 0.3) is 4.96 Å². The molecule has 0 atom stereocenters. The lowest BCUT2D eigenvalue weighted by molar-refractivity contribution is -0.385. The Bertz CT molecular complexity index is 1040. The number of amides is 1. The van der Waals surface area contributed by atoms with Gasteiger partial charge in [-0.15, -0.1) is 23.1 Å². The topological polar surface area (TPSA) is 107 Å². The molecule has 26 heavy (non-hydrogen) atoms. The van der Waals surface area contributed by atoms with E-state index >= 15 is 0 Å². The highest BCUT2D eigenvalue weighted by atomic mass is 32.2. The van der Waals surface area contributed by atoms with E-state index in [0.29, 0.717) is 27.7 Å². The Morgan fingerprint density at radius 3 is 3.04 bits per heavy atom.